The van der Waals surface area contributed by atoms with Gasteiger partial charge in [0.1, 0.15) is 0 Å². The Labute approximate surface area is 80.2 Å². The fourth-order valence-corrected chi connectivity index (χ4v) is 0.329. The predicted molar refractivity (Wildman–Crippen MR) is 36.7 cm³/mol. The summed E-state index contributed by atoms with van der Waals surface area (Å²) in [6.07, 6.45) is 0. The second-order valence-corrected chi connectivity index (χ2v) is 1.33. The molecule has 2 radical (unpaired) electrons. The molecule has 46 valence electrons. The van der Waals surface area contributed by atoms with Gasteiger partial charge in [0.25, 0.3) is 0 Å². The van der Waals surface area contributed by atoms with Crippen LogP contribution in [0.4, 0.5) is 0 Å². The average Bonchev–Trinajstić information content (AvgIpc) is 1.69. The van der Waals surface area contributed by atoms with E-state index < -0.39 is 0 Å². The Hall–Kier alpha value is 1.14. The monoisotopic (exact) mass is 143 g/mol. The first-order valence-corrected chi connectivity index (χ1v) is 2.52. The molecular formula is C4H13CaN3. The molecule has 3 nitrogen and oxygen atoms in total. The first-order chi connectivity index (χ1) is 3.41. The van der Waals surface area contributed by atoms with Crippen LogP contribution in [0.15, 0.2) is 0 Å². The van der Waals surface area contributed by atoms with E-state index in [0.717, 1.165) is 13.1 Å². The maximum atomic E-state index is 5.17. The summed E-state index contributed by atoms with van der Waals surface area (Å²) in [6.45, 7) is 3.13. The van der Waals surface area contributed by atoms with Crippen molar-refractivity contribution in [2.24, 2.45) is 11.5 Å². The number of rotatable bonds is 4. The van der Waals surface area contributed by atoms with Crippen LogP contribution in [-0.2, 0) is 0 Å². The third kappa shape index (κ3) is 10.2. The molecule has 0 rings (SSSR count). The average molecular weight is 143 g/mol. The Balaban J connectivity index is 0. The van der Waals surface area contributed by atoms with Crippen LogP contribution in [0.3, 0.4) is 0 Å². The van der Waals surface area contributed by atoms with Gasteiger partial charge in [-0.05, 0) is 0 Å². The standard InChI is InChI=1S/C4H13N3.Ca/c5-1-3-7-4-2-6;/h7H,1-6H2;. The van der Waals surface area contributed by atoms with E-state index in [0.29, 0.717) is 13.1 Å². The van der Waals surface area contributed by atoms with Crippen LogP contribution in [0.25, 0.3) is 0 Å². The Morgan fingerprint density at radius 2 is 1.38 bits per heavy atom. The molecular weight excluding hydrogens is 130 g/mol. The van der Waals surface area contributed by atoms with E-state index in [1.807, 2.05) is 0 Å². The molecule has 0 amide bonds. The first kappa shape index (κ1) is 11.9. The molecule has 0 aliphatic rings. The van der Waals surface area contributed by atoms with Crippen molar-refractivity contribution in [2.75, 3.05) is 26.2 Å². The molecule has 0 heterocycles. The van der Waals surface area contributed by atoms with Crippen LogP contribution in [0, 0.1) is 0 Å². The van der Waals surface area contributed by atoms with Crippen molar-refractivity contribution in [3.8, 4) is 0 Å². The van der Waals surface area contributed by atoms with Crippen molar-refractivity contribution in [3.63, 3.8) is 0 Å². The summed E-state index contributed by atoms with van der Waals surface area (Å²) in [5.74, 6) is 0. The summed E-state index contributed by atoms with van der Waals surface area (Å²) in [5.41, 5.74) is 10.3. The minimum Gasteiger partial charge on any atom is -0.329 e. The molecule has 0 atom stereocenters. The van der Waals surface area contributed by atoms with Gasteiger partial charge in [0.2, 0.25) is 0 Å². The van der Waals surface area contributed by atoms with Gasteiger partial charge in [-0.3, -0.25) is 0 Å². The molecule has 0 aliphatic heterocycles. The molecule has 0 saturated heterocycles. The van der Waals surface area contributed by atoms with Crippen LogP contribution < -0.4 is 16.8 Å². The number of nitrogens with one attached hydrogen (secondary N) is 1. The SMILES string of the molecule is NCCNCCN.[Ca]. The second kappa shape index (κ2) is 11.0. The van der Waals surface area contributed by atoms with Crippen LogP contribution in [0.2, 0.25) is 0 Å². The fraction of sp³-hybridized carbons (Fsp3) is 1.00. The van der Waals surface area contributed by atoms with Gasteiger partial charge in [0, 0.05) is 63.9 Å². The van der Waals surface area contributed by atoms with E-state index in [2.05, 4.69) is 5.32 Å². The number of hydrogen-bond donors (Lipinski definition) is 3. The normalized spacial score (nSPS) is 8.25. The predicted octanol–water partition coefficient (Wildman–Crippen LogP) is -1.89. The van der Waals surface area contributed by atoms with Gasteiger partial charge in [0.15, 0.2) is 0 Å². The zero-order valence-corrected chi connectivity index (χ0v) is 7.40. The van der Waals surface area contributed by atoms with Crippen molar-refractivity contribution in [2.45, 2.75) is 0 Å². The van der Waals surface area contributed by atoms with E-state index in [4.69, 9.17) is 11.5 Å². The summed E-state index contributed by atoms with van der Waals surface area (Å²) < 4.78 is 0. The molecule has 0 unspecified atom stereocenters. The summed E-state index contributed by atoms with van der Waals surface area (Å²) in [6, 6.07) is 0. The Bertz CT molecular complexity index is 30.5. The summed E-state index contributed by atoms with van der Waals surface area (Å²) in [7, 11) is 0. The fourth-order valence-electron chi connectivity index (χ4n) is 0.329. The van der Waals surface area contributed by atoms with Gasteiger partial charge in [-0.15, -0.1) is 0 Å². The van der Waals surface area contributed by atoms with E-state index >= 15 is 0 Å². The zero-order chi connectivity index (χ0) is 5.54. The molecule has 0 saturated carbocycles. The number of hydrogen-bond acceptors (Lipinski definition) is 3. The van der Waals surface area contributed by atoms with Crippen molar-refractivity contribution in [1.29, 1.82) is 0 Å². The molecule has 0 aromatic rings. The minimum absolute atomic E-state index is 0. The van der Waals surface area contributed by atoms with Crippen molar-refractivity contribution in [3.05, 3.63) is 0 Å². The largest absolute Gasteiger partial charge is 0.329 e. The van der Waals surface area contributed by atoms with Gasteiger partial charge in [-0.2, -0.15) is 0 Å². The Morgan fingerprint density at radius 1 is 1.00 bits per heavy atom. The Kier molecular flexibility index (Phi) is 16.3. The zero-order valence-electron chi connectivity index (χ0n) is 5.19. The topological polar surface area (TPSA) is 64.1 Å². The maximum Gasteiger partial charge on any atom is 0.00750 e. The van der Waals surface area contributed by atoms with Gasteiger partial charge in [0.05, 0.1) is 0 Å². The van der Waals surface area contributed by atoms with Gasteiger partial charge >= 0.3 is 0 Å². The second-order valence-electron chi connectivity index (χ2n) is 1.33. The maximum absolute atomic E-state index is 5.17. The molecule has 0 bridgehead atoms. The Morgan fingerprint density at radius 3 is 1.62 bits per heavy atom. The van der Waals surface area contributed by atoms with Crippen molar-refractivity contribution < 1.29 is 0 Å². The summed E-state index contributed by atoms with van der Waals surface area (Å²) in [4.78, 5) is 0. The molecule has 4 heteroatoms. The van der Waals surface area contributed by atoms with Crippen molar-refractivity contribution >= 4 is 37.7 Å². The van der Waals surface area contributed by atoms with Crippen LogP contribution in [0.1, 0.15) is 0 Å². The van der Waals surface area contributed by atoms with E-state index in [1.165, 1.54) is 0 Å². The number of nitrogens with two attached hydrogens (primary N) is 2. The van der Waals surface area contributed by atoms with Crippen LogP contribution >= 0.6 is 0 Å². The van der Waals surface area contributed by atoms with E-state index in [1.54, 1.807) is 0 Å². The smallest absolute Gasteiger partial charge is 0.00750 e. The van der Waals surface area contributed by atoms with Gasteiger partial charge < -0.3 is 16.8 Å². The molecule has 0 aromatic heterocycles. The first-order valence-electron chi connectivity index (χ1n) is 2.52. The molecule has 0 aromatic carbocycles. The third-order valence-electron chi connectivity index (χ3n) is 0.642. The van der Waals surface area contributed by atoms with Gasteiger partial charge in [-0.25, -0.2) is 0 Å². The van der Waals surface area contributed by atoms with Crippen LogP contribution in [-0.4, -0.2) is 63.9 Å². The van der Waals surface area contributed by atoms with Gasteiger partial charge in [-0.1, -0.05) is 0 Å². The molecule has 0 fully saturated rings. The molecule has 8 heavy (non-hydrogen) atoms. The molecule has 0 aliphatic carbocycles. The molecule has 0 spiro atoms. The third-order valence-corrected chi connectivity index (χ3v) is 0.642. The summed E-state index contributed by atoms with van der Waals surface area (Å²) in [5, 5.41) is 3.03. The van der Waals surface area contributed by atoms with Crippen LogP contribution in [0.5, 0.6) is 0 Å². The van der Waals surface area contributed by atoms with Crippen molar-refractivity contribution in [1.82, 2.24) is 5.32 Å². The van der Waals surface area contributed by atoms with E-state index in [-0.39, 0.29) is 37.7 Å². The van der Waals surface area contributed by atoms with E-state index in [9.17, 15) is 0 Å². The minimum atomic E-state index is 0. The summed E-state index contributed by atoms with van der Waals surface area (Å²) >= 11 is 0. The quantitative estimate of drug-likeness (QED) is 0.318. The molecule has 5 N–H and O–H groups in total.